The average molecular weight is 349 g/mol. The second kappa shape index (κ2) is 7.32. The van der Waals surface area contributed by atoms with Crippen LogP contribution >= 0.6 is 11.3 Å². The van der Waals surface area contributed by atoms with E-state index in [-0.39, 0.29) is 6.04 Å². The van der Waals surface area contributed by atoms with Gasteiger partial charge in [0.25, 0.3) is 0 Å². The Bertz CT molecular complexity index is 1040. The molecular formula is C22H22N2S. The van der Waals surface area contributed by atoms with Crippen molar-refractivity contribution in [1.29, 1.82) is 0 Å². The van der Waals surface area contributed by atoms with Gasteiger partial charge in [0.15, 0.2) is 0 Å². The highest BCUT2D eigenvalue weighted by Crippen LogP contribution is 2.34. The summed E-state index contributed by atoms with van der Waals surface area (Å²) in [6.45, 7) is 2.03. The van der Waals surface area contributed by atoms with Crippen molar-refractivity contribution in [1.82, 2.24) is 9.97 Å². The maximum absolute atomic E-state index is 8.53. The van der Waals surface area contributed by atoms with Crippen LogP contribution in [0, 0.1) is 6.92 Å². The van der Waals surface area contributed by atoms with E-state index in [0.717, 1.165) is 39.7 Å². The minimum atomic E-state index is 0.224. The molecule has 1 aliphatic carbocycles. The first-order chi connectivity index (χ1) is 13.1. The van der Waals surface area contributed by atoms with E-state index < -0.39 is 0 Å². The summed E-state index contributed by atoms with van der Waals surface area (Å²) in [6.07, 6.45) is 8.34. The fourth-order valence-electron chi connectivity index (χ4n) is 3.30. The van der Waals surface area contributed by atoms with Gasteiger partial charge in [0.2, 0.25) is 0 Å². The Hall–Kier alpha value is -2.26. The molecule has 0 saturated heterocycles. The number of hydrogen-bond donors (Lipinski definition) is 0. The Balaban J connectivity index is 1.83. The summed E-state index contributed by atoms with van der Waals surface area (Å²) in [5, 5.41) is 2.01. The van der Waals surface area contributed by atoms with Crippen LogP contribution in [0.4, 0.5) is 0 Å². The molecule has 0 spiro atoms. The molecule has 126 valence electrons. The molecular weight excluding hydrogens is 324 g/mol. The predicted molar refractivity (Wildman–Crippen MR) is 106 cm³/mol. The summed E-state index contributed by atoms with van der Waals surface area (Å²) in [6, 6.07) is 10.5. The smallest absolute Gasteiger partial charge is 0.0801 e. The quantitative estimate of drug-likeness (QED) is 0.532. The number of hydrogen-bond acceptors (Lipinski definition) is 3. The van der Waals surface area contributed by atoms with Crippen molar-refractivity contribution in [3.8, 4) is 11.3 Å². The summed E-state index contributed by atoms with van der Waals surface area (Å²) in [7, 11) is 0. The van der Waals surface area contributed by atoms with Crippen molar-refractivity contribution < 1.29 is 2.74 Å². The Morgan fingerprint density at radius 3 is 2.80 bits per heavy atom. The molecule has 0 N–H and O–H groups in total. The van der Waals surface area contributed by atoms with Gasteiger partial charge in [-0.3, -0.25) is 9.97 Å². The van der Waals surface area contributed by atoms with Gasteiger partial charge in [-0.05, 0) is 55.0 Å². The number of aromatic nitrogens is 2. The topological polar surface area (TPSA) is 25.8 Å². The largest absolute Gasteiger partial charge is 0.256 e. The Morgan fingerprint density at radius 1 is 1.08 bits per heavy atom. The molecule has 0 bridgehead atoms. The van der Waals surface area contributed by atoms with Crippen molar-refractivity contribution in [3.05, 3.63) is 71.3 Å². The molecule has 1 fully saturated rings. The fourth-order valence-corrected chi connectivity index (χ4v) is 4.24. The van der Waals surface area contributed by atoms with Gasteiger partial charge in [0.05, 0.1) is 18.7 Å². The van der Waals surface area contributed by atoms with E-state index in [1.807, 2.05) is 49.0 Å². The average Bonchev–Trinajstić information content (AvgIpc) is 3.21. The van der Waals surface area contributed by atoms with Crippen LogP contribution in [0.25, 0.3) is 21.5 Å². The van der Waals surface area contributed by atoms with Crippen LogP contribution in [0.15, 0.2) is 60.2 Å². The Kier molecular flexibility index (Phi) is 4.09. The first-order valence-electron chi connectivity index (χ1n) is 9.78. The fraction of sp³-hybridized carbons (Fsp3) is 0.273. The molecule has 2 nitrogen and oxygen atoms in total. The van der Waals surface area contributed by atoms with Gasteiger partial charge in [-0.2, -0.15) is 0 Å². The lowest BCUT2D eigenvalue weighted by molar-refractivity contribution is 0.719. The lowest BCUT2D eigenvalue weighted by Crippen LogP contribution is -1.93. The molecule has 1 aliphatic rings. The highest BCUT2D eigenvalue weighted by molar-refractivity contribution is 7.16. The lowest BCUT2D eigenvalue weighted by atomic mass is 9.99. The van der Waals surface area contributed by atoms with Crippen molar-refractivity contribution in [3.63, 3.8) is 0 Å². The van der Waals surface area contributed by atoms with Crippen LogP contribution in [-0.4, -0.2) is 9.97 Å². The number of pyridine rings is 2. The van der Waals surface area contributed by atoms with Crippen molar-refractivity contribution in [2.45, 2.75) is 38.5 Å². The van der Waals surface area contributed by atoms with Crippen LogP contribution in [0.2, 0.25) is 0 Å². The van der Waals surface area contributed by atoms with Gasteiger partial charge in [0.1, 0.15) is 0 Å². The summed E-state index contributed by atoms with van der Waals surface area (Å²) in [5.74, 6) is 0.395. The third-order valence-corrected chi connectivity index (χ3v) is 5.65. The standard InChI is InChI=1S/C22H22N2S/c1-16-12-22-21(23-13-16)9-5-4-8-19(15-25-22)20-11-10-18(14-24-20)17-6-2-3-7-17/h4-5,8-15,17H,2-3,6-7H2,1H3/i10D,11D. The number of rotatable bonds is 2. The summed E-state index contributed by atoms with van der Waals surface area (Å²) in [4.78, 5) is 9.10. The minimum absolute atomic E-state index is 0.224. The van der Waals surface area contributed by atoms with E-state index >= 15 is 0 Å². The molecule has 1 saturated carbocycles. The van der Waals surface area contributed by atoms with Crippen molar-refractivity contribution >= 4 is 21.6 Å². The van der Waals surface area contributed by atoms with E-state index in [1.54, 1.807) is 11.3 Å². The maximum atomic E-state index is 8.53. The van der Waals surface area contributed by atoms with Crippen LogP contribution in [0.5, 0.6) is 0 Å². The lowest BCUT2D eigenvalue weighted by Gasteiger charge is -2.09. The zero-order valence-corrected chi connectivity index (χ0v) is 15.1. The third kappa shape index (κ3) is 3.72. The zero-order valence-electron chi connectivity index (χ0n) is 16.3. The summed E-state index contributed by atoms with van der Waals surface area (Å²) in [5.41, 5.74) is 4.42. The molecule has 3 heterocycles. The van der Waals surface area contributed by atoms with E-state index in [2.05, 4.69) is 16.0 Å². The van der Waals surface area contributed by atoms with E-state index in [0.29, 0.717) is 17.7 Å². The van der Waals surface area contributed by atoms with Gasteiger partial charge < -0.3 is 0 Å². The van der Waals surface area contributed by atoms with Gasteiger partial charge >= 0.3 is 0 Å². The SMILES string of the molecule is [2H]c1c(C2CCCC2)cnc(-c2ccccc3ncc(C)cc3sc2)c1[2H]. The third-order valence-electron chi connectivity index (χ3n) is 4.70. The van der Waals surface area contributed by atoms with E-state index in [4.69, 9.17) is 2.74 Å². The van der Waals surface area contributed by atoms with Crippen LogP contribution in [-0.2, 0) is 0 Å². The van der Waals surface area contributed by atoms with Gasteiger partial charge in [-0.1, -0.05) is 37.1 Å². The molecule has 0 radical (unpaired) electrons. The summed E-state index contributed by atoms with van der Waals surface area (Å²) < 4.78 is 18.1. The van der Waals surface area contributed by atoms with Crippen LogP contribution in [0.3, 0.4) is 0 Å². The molecule has 0 unspecified atom stereocenters. The molecule has 0 aromatic carbocycles. The van der Waals surface area contributed by atoms with Gasteiger partial charge in [-0.25, -0.2) is 0 Å². The molecule has 0 atom stereocenters. The highest BCUT2D eigenvalue weighted by atomic mass is 32.1. The summed E-state index contributed by atoms with van der Waals surface area (Å²) >= 11 is 1.59. The molecule has 3 heteroatoms. The molecule has 3 aromatic rings. The molecule has 25 heavy (non-hydrogen) atoms. The maximum Gasteiger partial charge on any atom is 0.0801 e. The molecule has 3 aromatic heterocycles. The number of nitrogens with zero attached hydrogens (tertiary/aromatic N) is 2. The van der Waals surface area contributed by atoms with E-state index in [9.17, 15) is 0 Å². The first kappa shape index (κ1) is 14.0. The first-order valence-corrected chi connectivity index (χ1v) is 9.66. The minimum Gasteiger partial charge on any atom is -0.256 e. The van der Waals surface area contributed by atoms with Crippen LogP contribution in [0.1, 0.15) is 45.5 Å². The van der Waals surface area contributed by atoms with Gasteiger partial charge in [-0.15, -0.1) is 11.3 Å². The second-order valence-corrected chi connectivity index (χ2v) is 7.51. The Labute approximate surface area is 155 Å². The predicted octanol–water partition coefficient (Wildman–Crippen LogP) is 6.45. The molecule has 0 amide bonds. The highest BCUT2D eigenvalue weighted by Gasteiger charge is 2.17. The Morgan fingerprint density at radius 2 is 1.92 bits per heavy atom. The zero-order chi connectivity index (χ0) is 18.8. The normalized spacial score (nSPS) is 15.7. The number of aryl methyl sites for hydroxylation is 1. The monoisotopic (exact) mass is 348 g/mol. The van der Waals surface area contributed by atoms with E-state index in [1.165, 1.54) is 12.8 Å². The van der Waals surface area contributed by atoms with Crippen molar-refractivity contribution in [2.75, 3.05) is 0 Å². The number of fused-ring (bicyclic) bond motifs is 1. The van der Waals surface area contributed by atoms with Gasteiger partial charge in [0, 0.05) is 23.3 Å². The van der Waals surface area contributed by atoms with Crippen LogP contribution < -0.4 is 0 Å². The molecule has 0 aliphatic heterocycles. The molecule has 4 rings (SSSR count). The second-order valence-electron chi connectivity index (χ2n) is 6.60. The van der Waals surface area contributed by atoms with Crippen molar-refractivity contribution in [2.24, 2.45) is 0 Å².